The van der Waals surface area contributed by atoms with Gasteiger partial charge in [-0.05, 0) is 122 Å². The Morgan fingerprint density at radius 1 is 0.389 bits per heavy atom. The molecule has 0 spiro atoms. The predicted molar refractivity (Wildman–Crippen MR) is 297 cm³/mol. The Morgan fingerprint density at radius 2 is 0.708 bits per heavy atom. The second-order valence-corrected chi connectivity index (χ2v) is 18.3. The van der Waals surface area contributed by atoms with Gasteiger partial charge in [-0.1, -0.05) is 179 Å². The van der Waals surface area contributed by atoms with Crippen molar-refractivity contribution in [2.24, 2.45) is 0 Å². The number of rotatable bonds is 47. The molecular formula is C60H93O11P. The molecule has 11 nitrogen and oxygen atoms in total. The van der Waals surface area contributed by atoms with E-state index in [-0.39, 0.29) is 19.3 Å². The first-order valence-electron chi connectivity index (χ1n) is 26.7. The van der Waals surface area contributed by atoms with Gasteiger partial charge >= 0.3 is 25.7 Å². The maximum atomic E-state index is 12.9. The van der Waals surface area contributed by atoms with Crippen molar-refractivity contribution >= 4 is 25.7 Å². The first-order chi connectivity index (χ1) is 35.2. The molecule has 0 heterocycles. The van der Waals surface area contributed by atoms with E-state index in [2.05, 4.69) is 154 Å². The molecule has 0 aromatic rings. The number of allylic oxidation sites excluding steroid dienone is 24. The second kappa shape index (κ2) is 52.7. The van der Waals surface area contributed by atoms with Crippen LogP contribution in [0.25, 0.3) is 0 Å². The number of aliphatic hydroxyl groups is 1. The molecule has 0 rings (SSSR count). The SMILES string of the molecule is CC/C=C\C/C=C\C/C=C\C/C=C\C/C=C\C/C=C\CCC(=O)OC(COC(=O)CCCCC/C=C\C/C=C\C/C=C\CC)COP(=O)(O)OCC(CO)OC(=O)CCCCC/C=C\C/C=C\C/C=C\CC. The molecule has 3 unspecified atom stereocenters. The smallest absolute Gasteiger partial charge is 0.462 e. The van der Waals surface area contributed by atoms with Crippen LogP contribution in [0.1, 0.15) is 175 Å². The molecule has 0 amide bonds. The number of hydrogen-bond acceptors (Lipinski definition) is 10. The van der Waals surface area contributed by atoms with Crippen molar-refractivity contribution in [1.82, 2.24) is 0 Å². The Hall–Kier alpha value is -4.64. The normalized spacial score (nSPS) is 14.6. The van der Waals surface area contributed by atoms with Crippen LogP contribution in [0.15, 0.2) is 146 Å². The number of hydrogen-bond donors (Lipinski definition) is 2. The summed E-state index contributed by atoms with van der Waals surface area (Å²) in [7, 11) is -4.79. The number of aliphatic hydroxyl groups excluding tert-OH is 1. The molecule has 3 atom stereocenters. The summed E-state index contributed by atoms with van der Waals surface area (Å²) in [5.41, 5.74) is 0. The zero-order valence-corrected chi connectivity index (χ0v) is 45.2. The van der Waals surface area contributed by atoms with E-state index in [0.717, 1.165) is 109 Å². The average molecular weight is 1020 g/mol. The zero-order chi connectivity index (χ0) is 52.7. The van der Waals surface area contributed by atoms with E-state index < -0.39 is 64.4 Å². The summed E-state index contributed by atoms with van der Waals surface area (Å²) in [5, 5.41) is 9.78. The highest BCUT2D eigenvalue weighted by Crippen LogP contribution is 2.43. The van der Waals surface area contributed by atoms with Crippen molar-refractivity contribution in [2.75, 3.05) is 26.4 Å². The fourth-order valence-corrected chi connectivity index (χ4v) is 7.07. The molecule has 0 saturated heterocycles. The zero-order valence-electron chi connectivity index (χ0n) is 44.3. The summed E-state index contributed by atoms with van der Waals surface area (Å²) in [6, 6.07) is 0. The van der Waals surface area contributed by atoms with Crippen LogP contribution in [0.3, 0.4) is 0 Å². The summed E-state index contributed by atoms with van der Waals surface area (Å²) in [6.07, 6.45) is 67.0. The molecule has 0 aromatic heterocycles. The summed E-state index contributed by atoms with van der Waals surface area (Å²) < 4.78 is 39.2. The van der Waals surface area contributed by atoms with Gasteiger partial charge in [0.1, 0.15) is 12.7 Å². The number of phosphoric acid groups is 1. The van der Waals surface area contributed by atoms with E-state index in [0.29, 0.717) is 25.7 Å². The topological polar surface area (TPSA) is 155 Å². The Morgan fingerprint density at radius 3 is 1.10 bits per heavy atom. The number of unbranched alkanes of at least 4 members (excludes halogenated alkanes) is 6. The van der Waals surface area contributed by atoms with Gasteiger partial charge in [0.05, 0.1) is 19.8 Å². The lowest BCUT2D eigenvalue weighted by atomic mass is 10.1. The van der Waals surface area contributed by atoms with E-state index in [1.54, 1.807) is 0 Å². The van der Waals surface area contributed by atoms with Crippen molar-refractivity contribution < 1.29 is 52.2 Å². The third kappa shape index (κ3) is 50.3. The highest BCUT2D eigenvalue weighted by molar-refractivity contribution is 7.47. The molecule has 0 bridgehead atoms. The van der Waals surface area contributed by atoms with Gasteiger partial charge in [0.25, 0.3) is 0 Å². The molecule has 2 N–H and O–H groups in total. The summed E-state index contributed by atoms with van der Waals surface area (Å²) >= 11 is 0. The van der Waals surface area contributed by atoms with Gasteiger partial charge in [-0.3, -0.25) is 23.4 Å². The number of carbonyl (C=O) groups excluding carboxylic acids is 3. The van der Waals surface area contributed by atoms with Gasteiger partial charge in [-0.25, -0.2) is 4.57 Å². The maximum absolute atomic E-state index is 12.9. The van der Waals surface area contributed by atoms with Crippen LogP contribution < -0.4 is 0 Å². The Labute approximate surface area is 435 Å². The van der Waals surface area contributed by atoms with Crippen LogP contribution in [-0.4, -0.2) is 66.5 Å². The maximum Gasteiger partial charge on any atom is 0.472 e. The highest BCUT2D eigenvalue weighted by Gasteiger charge is 2.28. The van der Waals surface area contributed by atoms with E-state index in [1.165, 1.54) is 0 Å². The third-order valence-electron chi connectivity index (χ3n) is 10.3. The fourth-order valence-electron chi connectivity index (χ4n) is 6.29. The van der Waals surface area contributed by atoms with Gasteiger partial charge in [-0.2, -0.15) is 0 Å². The first kappa shape index (κ1) is 67.4. The van der Waals surface area contributed by atoms with Gasteiger partial charge < -0.3 is 24.2 Å². The predicted octanol–water partition coefficient (Wildman–Crippen LogP) is 15.6. The Bertz CT molecular complexity index is 1760. The Balaban J connectivity index is 4.94. The van der Waals surface area contributed by atoms with E-state index in [4.69, 9.17) is 23.3 Å². The molecule has 0 aromatic carbocycles. The van der Waals surface area contributed by atoms with Crippen molar-refractivity contribution in [2.45, 2.75) is 187 Å². The average Bonchev–Trinajstić information content (AvgIpc) is 3.37. The minimum atomic E-state index is -4.79. The minimum absolute atomic E-state index is 0.0248. The number of ether oxygens (including phenoxy) is 3. The largest absolute Gasteiger partial charge is 0.472 e. The lowest BCUT2D eigenvalue weighted by Gasteiger charge is -2.21. The Kier molecular flexibility index (Phi) is 49.3. The molecule has 404 valence electrons. The number of phosphoric ester groups is 1. The van der Waals surface area contributed by atoms with E-state index >= 15 is 0 Å². The van der Waals surface area contributed by atoms with Crippen molar-refractivity contribution in [3.05, 3.63) is 146 Å². The second-order valence-electron chi connectivity index (χ2n) is 16.9. The summed E-state index contributed by atoms with van der Waals surface area (Å²) in [6.45, 7) is 4.10. The van der Waals surface area contributed by atoms with Crippen LogP contribution >= 0.6 is 7.82 Å². The minimum Gasteiger partial charge on any atom is -0.462 e. The van der Waals surface area contributed by atoms with E-state index in [9.17, 15) is 28.9 Å². The molecular weight excluding hydrogens is 928 g/mol. The molecule has 0 aliphatic rings. The van der Waals surface area contributed by atoms with Crippen molar-refractivity contribution in [1.29, 1.82) is 0 Å². The molecule has 72 heavy (non-hydrogen) atoms. The number of esters is 3. The molecule has 0 aliphatic carbocycles. The molecule has 12 heteroatoms. The van der Waals surface area contributed by atoms with Crippen molar-refractivity contribution in [3.63, 3.8) is 0 Å². The van der Waals surface area contributed by atoms with Crippen LogP contribution in [-0.2, 0) is 42.2 Å². The fraction of sp³-hybridized carbons (Fsp3) is 0.550. The molecule has 0 saturated carbocycles. The monoisotopic (exact) mass is 1020 g/mol. The van der Waals surface area contributed by atoms with Crippen LogP contribution in [0.5, 0.6) is 0 Å². The van der Waals surface area contributed by atoms with Gasteiger partial charge in [0, 0.05) is 19.3 Å². The number of carbonyl (C=O) groups is 3. The van der Waals surface area contributed by atoms with Gasteiger partial charge in [0.15, 0.2) is 6.10 Å². The van der Waals surface area contributed by atoms with Gasteiger partial charge in [0.2, 0.25) is 0 Å². The standard InChI is InChI=1S/C60H93O11P/c1-4-7-10-13-16-19-22-25-26-27-28-29-30-33-36-39-42-45-48-51-60(64)71-57(53-67-58(62)49-46-43-40-37-34-31-23-20-17-14-11-8-5-2)55-69-72(65,66)68-54-56(52-61)70-59(63)50-47-44-41-38-35-32-24-21-18-15-12-9-6-3/h7-12,16-21,25-26,28-29,31-36,42,45,56-57,61H,4-6,13-15,22-24,27,30,37-41,43-44,46-55H2,1-3H3,(H,65,66)/b10-7-,11-8-,12-9-,19-16-,20-17-,21-18-,26-25-,29-28-,34-31-,35-32-,36-33-,45-42-. The lowest BCUT2D eigenvalue weighted by Crippen LogP contribution is -2.30. The summed E-state index contributed by atoms with van der Waals surface area (Å²) in [5.74, 6) is -1.66. The molecule has 0 aliphatic heterocycles. The third-order valence-corrected chi connectivity index (χ3v) is 11.2. The van der Waals surface area contributed by atoms with Gasteiger partial charge in [-0.15, -0.1) is 0 Å². The van der Waals surface area contributed by atoms with Crippen LogP contribution in [0.2, 0.25) is 0 Å². The summed E-state index contributed by atoms with van der Waals surface area (Å²) in [4.78, 5) is 48.3. The van der Waals surface area contributed by atoms with Crippen LogP contribution in [0.4, 0.5) is 0 Å². The van der Waals surface area contributed by atoms with E-state index in [1.807, 2.05) is 12.2 Å². The quantitative estimate of drug-likeness (QED) is 0.0197. The molecule has 0 fully saturated rings. The first-order valence-corrected chi connectivity index (χ1v) is 28.2. The highest BCUT2D eigenvalue weighted by atomic mass is 31.2. The van der Waals surface area contributed by atoms with Crippen LogP contribution in [0, 0.1) is 0 Å². The molecule has 0 radical (unpaired) electrons. The van der Waals surface area contributed by atoms with Crippen molar-refractivity contribution in [3.8, 4) is 0 Å². The lowest BCUT2D eigenvalue weighted by molar-refractivity contribution is -0.161.